The number of hydrogen-bond acceptors (Lipinski definition) is 4. The third-order valence-electron chi connectivity index (χ3n) is 2.73. The molecule has 0 aliphatic rings. The van der Waals surface area contributed by atoms with Crippen molar-refractivity contribution in [1.82, 2.24) is 0 Å². The summed E-state index contributed by atoms with van der Waals surface area (Å²) in [7, 11) is 0. The fourth-order valence-corrected chi connectivity index (χ4v) is 2.07. The molecule has 0 aliphatic heterocycles. The van der Waals surface area contributed by atoms with E-state index in [1.54, 1.807) is 18.2 Å². The second-order valence-corrected chi connectivity index (χ2v) is 5.81. The molecule has 0 radical (unpaired) electrons. The maximum Gasteiger partial charge on any atom is 0.340 e. The molecule has 3 N–H and O–H groups in total. The normalized spacial score (nSPS) is 10.5. The van der Waals surface area contributed by atoms with Gasteiger partial charge in [0.1, 0.15) is 0 Å². The van der Waals surface area contributed by atoms with Crippen molar-refractivity contribution in [3.05, 3.63) is 52.5 Å². The Labute approximate surface area is 132 Å². The van der Waals surface area contributed by atoms with Crippen LogP contribution in [0.2, 0.25) is 0 Å². The number of benzene rings is 2. The topological polar surface area (TPSA) is 64.3 Å². The summed E-state index contributed by atoms with van der Waals surface area (Å²) >= 11 is 3.39. The molecule has 2 rings (SSSR count). The minimum Gasteiger partial charge on any atom is -0.459 e. The lowest BCUT2D eigenvalue weighted by molar-refractivity contribution is 0.0379. The molecular weight excluding hydrogens is 332 g/mol. The van der Waals surface area contributed by atoms with E-state index in [4.69, 9.17) is 10.5 Å². The fraction of sp³-hybridized carbons (Fsp3) is 0.188. The first-order valence-electron chi connectivity index (χ1n) is 6.59. The largest absolute Gasteiger partial charge is 0.459 e. The number of esters is 1. The first-order chi connectivity index (χ1) is 9.95. The molecule has 110 valence electrons. The third-order valence-corrected chi connectivity index (χ3v) is 3.26. The van der Waals surface area contributed by atoms with Crippen LogP contribution in [-0.4, -0.2) is 12.1 Å². The molecule has 0 saturated heterocycles. The smallest absolute Gasteiger partial charge is 0.340 e. The summed E-state index contributed by atoms with van der Waals surface area (Å²) < 4.78 is 6.24. The Morgan fingerprint density at radius 3 is 2.48 bits per heavy atom. The SMILES string of the molecule is CC(C)OC(=O)c1cc(N)ccc1Nc1ccc(Br)cc1. The van der Waals surface area contributed by atoms with Crippen molar-refractivity contribution in [1.29, 1.82) is 0 Å². The number of hydrogen-bond donors (Lipinski definition) is 2. The predicted octanol–water partition coefficient (Wildman–Crippen LogP) is 4.34. The van der Waals surface area contributed by atoms with Crippen molar-refractivity contribution in [2.45, 2.75) is 20.0 Å². The number of nitrogens with one attached hydrogen (secondary N) is 1. The molecular formula is C16H17BrN2O2. The molecule has 4 nitrogen and oxygen atoms in total. The van der Waals surface area contributed by atoms with Gasteiger partial charge in [-0.3, -0.25) is 0 Å². The van der Waals surface area contributed by atoms with Gasteiger partial charge >= 0.3 is 5.97 Å². The van der Waals surface area contributed by atoms with E-state index >= 15 is 0 Å². The zero-order chi connectivity index (χ0) is 15.4. The Morgan fingerprint density at radius 1 is 1.19 bits per heavy atom. The highest BCUT2D eigenvalue weighted by molar-refractivity contribution is 9.10. The molecule has 2 aromatic rings. The van der Waals surface area contributed by atoms with Crippen LogP contribution in [0, 0.1) is 0 Å². The number of carbonyl (C=O) groups is 1. The van der Waals surface area contributed by atoms with Gasteiger partial charge in [0.15, 0.2) is 0 Å². The maximum absolute atomic E-state index is 12.1. The second kappa shape index (κ2) is 6.63. The molecule has 0 saturated carbocycles. The highest BCUT2D eigenvalue weighted by Crippen LogP contribution is 2.25. The van der Waals surface area contributed by atoms with Crippen LogP contribution >= 0.6 is 15.9 Å². The third kappa shape index (κ3) is 4.23. The van der Waals surface area contributed by atoms with Crippen LogP contribution in [0.15, 0.2) is 46.9 Å². The number of rotatable bonds is 4. The van der Waals surface area contributed by atoms with E-state index in [0.29, 0.717) is 16.9 Å². The summed E-state index contributed by atoms with van der Waals surface area (Å²) in [5.41, 5.74) is 8.25. The Kier molecular flexibility index (Phi) is 4.85. The van der Waals surface area contributed by atoms with E-state index in [1.165, 1.54) is 0 Å². The van der Waals surface area contributed by atoms with Crippen LogP contribution in [0.3, 0.4) is 0 Å². The van der Waals surface area contributed by atoms with Crippen LogP contribution in [-0.2, 0) is 4.74 Å². The number of nitrogens with two attached hydrogens (primary N) is 1. The molecule has 0 heterocycles. The molecule has 0 amide bonds. The zero-order valence-electron chi connectivity index (χ0n) is 11.9. The second-order valence-electron chi connectivity index (χ2n) is 4.89. The van der Waals surface area contributed by atoms with Crippen molar-refractivity contribution in [2.75, 3.05) is 11.1 Å². The van der Waals surface area contributed by atoms with Crippen molar-refractivity contribution < 1.29 is 9.53 Å². The number of halogens is 1. The molecule has 0 aromatic heterocycles. The van der Waals surface area contributed by atoms with Crippen molar-refractivity contribution in [2.24, 2.45) is 0 Å². The van der Waals surface area contributed by atoms with E-state index in [-0.39, 0.29) is 6.10 Å². The standard InChI is InChI=1S/C16H17BrN2O2/c1-10(2)21-16(20)14-9-12(18)5-8-15(14)19-13-6-3-11(17)4-7-13/h3-10,19H,18H2,1-2H3. The van der Waals surface area contributed by atoms with E-state index in [2.05, 4.69) is 21.2 Å². The summed E-state index contributed by atoms with van der Waals surface area (Å²) in [4.78, 5) is 12.1. The zero-order valence-corrected chi connectivity index (χ0v) is 13.5. The monoisotopic (exact) mass is 348 g/mol. The summed E-state index contributed by atoms with van der Waals surface area (Å²) in [6.45, 7) is 3.62. The van der Waals surface area contributed by atoms with Crippen molar-refractivity contribution in [3.63, 3.8) is 0 Å². The first kappa shape index (κ1) is 15.4. The maximum atomic E-state index is 12.1. The van der Waals surface area contributed by atoms with Gasteiger partial charge in [0.05, 0.1) is 17.4 Å². The van der Waals surface area contributed by atoms with Gasteiger partial charge in [0.25, 0.3) is 0 Å². The van der Waals surface area contributed by atoms with Gasteiger partial charge in [-0.2, -0.15) is 0 Å². The van der Waals surface area contributed by atoms with Gasteiger partial charge in [-0.15, -0.1) is 0 Å². The predicted molar refractivity (Wildman–Crippen MR) is 88.8 cm³/mol. The highest BCUT2D eigenvalue weighted by atomic mass is 79.9. The Balaban J connectivity index is 2.30. The van der Waals surface area contributed by atoms with Crippen LogP contribution in [0.4, 0.5) is 17.1 Å². The number of anilines is 3. The average Bonchev–Trinajstić information content (AvgIpc) is 2.42. The van der Waals surface area contributed by atoms with Crippen LogP contribution < -0.4 is 11.1 Å². The van der Waals surface area contributed by atoms with Gasteiger partial charge in [-0.05, 0) is 56.3 Å². The lowest BCUT2D eigenvalue weighted by Crippen LogP contribution is -2.13. The van der Waals surface area contributed by atoms with E-state index in [1.807, 2.05) is 38.1 Å². The van der Waals surface area contributed by atoms with E-state index in [9.17, 15) is 4.79 Å². The van der Waals surface area contributed by atoms with Crippen LogP contribution in [0.5, 0.6) is 0 Å². The Morgan fingerprint density at radius 2 is 1.86 bits per heavy atom. The van der Waals surface area contributed by atoms with E-state index < -0.39 is 5.97 Å². The summed E-state index contributed by atoms with van der Waals surface area (Å²) in [6.07, 6.45) is -0.181. The van der Waals surface area contributed by atoms with Crippen LogP contribution in [0.25, 0.3) is 0 Å². The molecule has 0 atom stereocenters. The highest BCUT2D eigenvalue weighted by Gasteiger charge is 2.15. The minimum absolute atomic E-state index is 0.181. The number of ether oxygens (including phenoxy) is 1. The molecule has 2 aromatic carbocycles. The van der Waals surface area contributed by atoms with Crippen LogP contribution in [0.1, 0.15) is 24.2 Å². The molecule has 5 heteroatoms. The van der Waals surface area contributed by atoms with Crippen molar-refractivity contribution in [3.8, 4) is 0 Å². The Bertz CT molecular complexity index is 639. The number of nitrogen functional groups attached to an aromatic ring is 1. The van der Waals surface area contributed by atoms with Gasteiger partial charge in [-0.25, -0.2) is 4.79 Å². The van der Waals surface area contributed by atoms with Crippen molar-refractivity contribution >= 4 is 39.0 Å². The molecule has 0 unspecified atom stereocenters. The fourth-order valence-electron chi connectivity index (χ4n) is 1.81. The molecule has 0 bridgehead atoms. The summed E-state index contributed by atoms with van der Waals surface area (Å²) in [5.74, 6) is -0.392. The average molecular weight is 349 g/mol. The summed E-state index contributed by atoms with van der Waals surface area (Å²) in [5, 5.41) is 3.20. The van der Waals surface area contributed by atoms with Gasteiger partial charge < -0.3 is 15.8 Å². The first-order valence-corrected chi connectivity index (χ1v) is 7.38. The lowest BCUT2D eigenvalue weighted by Gasteiger charge is -2.14. The molecule has 0 spiro atoms. The Hall–Kier alpha value is -2.01. The molecule has 0 aliphatic carbocycles. The summed E-state index contributed by atoms with van der Waals surface area (Å²) in [6, 6.07) is 12.8. The molecule has 21 heavy (non-hydrogen) atoms. The lowest BCUT2D eigenvalue weighted by atomic mass is 10.1. The number of carbonyl (C=O) groups excluding carboxylic acids is 1. The quantitative estimate of drug-likeness (QED) is 0.637. The van der Waals surface area contributed by atoms with Gasteiger partial charge in [0.2, 0.25) is 0 Å². The van der Waals surface area contributed by atoms with E-state index in [0.717, 1.165) is 10.2 Å². The minimum atomic E-state index is -0.392. The van der Waals surface area contributed by atoms with Gasteiger partial charge in [0, 0.05) is 15.8 Å². The van der Waals surface area contributed by atoms with Gasteiger partial charge in [-0.1, -0.05) is 15.9 Å². The molecule has 0 fully saturated rings.